The molecule has 3 aromatic rings. The minimum absolute atomic E-state index is 0.0812. The summed E-state index contributed by atoms with van der Waals surface area (Å²) in [5.41, 5.74) is 0.700. The highest BCUT2D eigenvalue weighted by atomic mass is 19.1. The third kappa shape index (κ3) is 5.25. The van der Waals surface area contributed by atoms with Gasteiger partial charge in [-0.2, -0.15) is 4.68 Å². The molecule has 1 unspecified atom stereocenters. The van der Waals surface area contributed by atoms with E-state index in [1.807, 2.05) is 0 Å². The molecule has 150 valence electrons. The average molecular weight is 399 g/mol. The Kier molecular flexibility index (Phi) is 6.33. The minimum atomic E-state index is -0.831. The first kappa shape index (κ1) is 20.2. The zero-order valence-electron chi connectivity index (χ0n) is 15.6. The van der Waals surface area contributed by atoms with Crippen LogP contribution in [0, 0.1) is 11.6 Å². The quantitative estimate of drug-likeness (QED) is 0.663. The van der Waals surface area contributed by atoms with Crippen molar-refractivity contribution in [2.75, 3.05) is 0 Å². The summed E-state index contributed by atoms with van der Waals surface area (Å²) in [6, 6.07) is 13.7. The normalized spacial score (nSPS) is 11.7. The van der Waals surface area contributed by atoms with E-state index in [2.05, 4.69) is 10.4 Å². The molecule has 1 aromatic heterocycles. The zero-order valence-corrected chi connectivity index (χ0v) is 15.6. The Balaban J connectivity index is 1.70. The van der Waals surface area contributed by atoms with Gasteiger partial charge < -0.3 is 10.1 Å². The highest BCUT2D eigenvalue weighted by Crippen LogP contribution is 2.12. The van der Waals surface area contributed by atoms with Crippen LogP contribution in [0.3, 0.4) is 0 Å². The lowest BCUT2D eigenvalue weighted by molar-refractivity contribution is -0.128. The van der Waals surface area contributed by atoms with Crippen molar-refractivity contribution in [3.8, 4) is 11.6 Å². The third-order valence-electron chi connectivity index (χ3n) is 4.15. The maximum Gasteiger partial charge on any atom is 0.271 e. The molecule has 1 amide bonds. The Morgan fingerprint density at radius 1 is 1.03 bits per heavy atom. The molecule has 0 saturated heterocycles. The van der Waals surface area contributed by atoms with E-state index in [4.69, 9.17) is 4.74 Å². The van der Waals surface area contributed by atoms with Crippen LogP contribution >= 0.6 is 0 Å². The van der Waals surface area contributed by atoms with Crippen LogP contribution in [0.25, 0.3) is 5.69 Å². The van der Waals surface area contributed by atoms with E-state index in [0.717, 1.165) is 10.2 Å². The van der Waals surface area contributed by atoms with Gasteiger partial charge in [-0.3, -0.25) is 9.59 Å². The number of hydrogen-bond acceptors (Lipinski definition) is 4. The fourth-order valence-electron chi connectivity index (χ4n) is 2.60. The van der Waals surface area contributed by atoms with E-state index >= 15 is 0 Å². The Hall–Kier alpha value is -3.55. The van der Waals surface area contributed by atoms with Gasteiger partial charge in [-0.15, -0.1) is 5.10 Å². The molecule has 0 radical (unpaired) electrons. The van der Waals surface area contributed by atoms with Gasteiger partial charge in [0.25, 0.3) is 11.5 Å². The molecule has 29 heavy (non-hydrogen) atoms. The standard InChI is InChI=1S/C21H19F2N3O3/c1-2-18(21(28)24-13-14-3-5-15(22)6-4-14)29-19-11-12-20(27)26(25-19)17-9-7-16(23)8-10-17/h3-12,18H,2,13H2,1H3,(H,24,28). The fraction of sp³-hybridized carbons (Fsp3) is 0.190. The second kappa shape index (κ2) is 9.09. The van der Waals surface area contributed by atoms with E-state index in [-0.39, 0.29) is 24.1 Å². The van der Waals surface area contributed by atoms with Crippen molar-refractivity contribution in [3.05, 3.63) is 88.2 Å². The van der Waals surface area contributed by atoms with Crippen LogP contribution in [0.5, 0.6) is 5.88 Å². The van der Waals surface area contributed by atoms with E-state index in [1.165, 1.54) is 48.5 Å². The first-order chi connectivity index (χ1) is 14.0. The number of aromatic nitrogens is 2. The molecule has 0 aliphatic carbocycles. The number of ether oxygens (including phenoxy) is 1. The summed E-state index contributed by atoms with van der Waals surface area (Å²) < 4.78 is 32.8. The van der Waals surface area contributed by atoms with Crippen molar-refractivity contribution in [1.82, 2.24) is 15.1 Å². The first-order valence-electron chi connectivity index (χ1n) is 9.01. The van der Waals surface area contributed by atoms with Crippen molar-refractivity contribution in [2.24, 2.45) is 0 Å². The van der Waals surface area contributed by atoms with Gasteiger partial charge in [-0.1, -0.05) is 19.1 Å². The number of benzene rings is 2. The molecule has 0 bridgehead atoms. The zero-order chi connectivity index (χ0) is 20.8. The van der Waals surface area contributed by atoms with Crippen LogP contribution in [-0.4, -0.2) is 21.8 Å². The summed E-state index contributed by atoms with van der Waals surface area (Å²) in [5, 5.41) is 6.84. The van der Waals surface area contributed by atoms with Crippen molar-refractivity contribution < 1.29 is 18.3 Å². The van der Waals surface area contributed by atoms with Gasteiger partial charge in [0.2, 0.25) is 5.88 Å². The SMILES string of the molecule is CCC(Oc1ccc(=O)n(-c2ccc(F)cc2)n1)C(=O)NCc1ccc(F)cc1. The highest BCUT2D eigenvalue weighted by Gasteiger charge is 2.19. The first-order valence-corrected chi connectivity index (χ1v) is 9.01. The largest absolute Gasteiger partial charge is 0.463 e. The molecule has 1 N–H and O–H groups in total. The molecule has 0 aliphatic rings. The molecule has 0 spiro atoms. The van der Waals surface area contributed by atoms with E-state index < -0.39 is 17.5 Å². The van der Waals surface area contributed by atoms with Gasteiger partial charge in [-0.05, 0) is 48.4 Å². The van der Waals surface area contributed by atoms with Gasteiger partial charge in [0.05, 0.1) is 5.69 Å². The Bertz CT molecular complexity index is 1030. The lowest BCUT2D eigenvalue weighted by atomic mass is 10.2. The van der Waals surface area contributed by atoms with Crippen LogP contribution < -0.4 is 15.6 Å². The van der Waals surface area contributed by atoms with Gasteiger partial charge in [0.15, 0.2) is 6.10 Å². The number of carbonyl (C=O) groups excluding carboxylic acids is 1. The fourth-order valence-corrected chi connectivity index (χ4v) is 2.60. The summed E-state index contributed by atoms with van der Waals surface area (Å²) in [6.45, 7) is 2.00. The van der Waals surface area contributed by atoms with Crippen molar-refractivity contribution in [1.29, 1.82) is 0 Å². The van der Waals surface area contributed by atoms with Crippen LogP contribution in [0.4, 0.5) is 8.78 Å². The smallest absolute Gasteiger partial charge is 0.271 e. The highest BCUT2D eigenvalue weighted by molar-refractivity contribution is 5.81. The lowest BCUT2D eigenvalue weighted by Gasteiger charge is -2.17. The molecule has 8 heteroatoms. The summed E-state index contributed by atoms with van der Waals surface area (Å²) in [6.07, 6.45) is -0.464. The van der Waals surface area contributed by atoms with E-state index in [9.17, 15) is 18.4 Å². The molecule has 2 aromatic carbocycles. The maximum absolute atomic E-state index is 13.1. The monoisotopic (exact) mass is 399 g/mol. The minimum Gasteiger partial charge on any atom is -0.463 e. The number of carbonyl (C=O) groups is 1. The second-order valence-electron chi connectivity index (χ2n) is 6.26. The molecule has 0 aliphatic heterocycles. The summed E-state index contributed by atoms with van der Waals surface area (Å²) in [4.78, 5) is 24.5. The van der Waals surface area contributed by atoms with Crippen molar-refractivity contribution in [3.63, 3.8) is 0 Å². The molecule has 1 atom stereocenters. The van der Waals surface area contributed by atoms with Gasteiger partial charge >= 0.3 is 0 Å². The number of rotatable bonds is 7. The van der Waals surface area contributed by atoms with Crippen LogP contribution in [0.1, 0.15) is 18.9 Å². The van der Waals surface area contributed by atoms with Crippen molar-refractivity contribution >= 4 is 5.91 Å². The Morgan fingerprint density at radius 3 is 2.28 bits per heavy atom. The number of hydrogen-bond donors (Lipinski definition) is 1. The van der Waals surface area contributed by atoms with E-state index in [1.54, 1.807) is 19.1 Å². The topological polar surface area (TPSA) is 73.2 Å². The molecule has 0 saturated carbocycles. The number of halogens is 2. The third-order valence-corrected chi connectivity index (χ3v) is 4.15. The van der Waals surface area contributed by atoms with Gasteiger partial charge in [-0.25, -0.2) is 8.78 Å². The average Bonchev–Trinajstić information content (AvgIpc) is 2.73. The molecular formula is C21H19F2N3O3. The number of nitrogens with one attached hydrogen (secondary N) is 1. The van der Waals surface area contributed by atoms with Crippen LogP contribution in [-0.2, 0) is 11.3 Å². The predicted octanol–water partition coefficient (Wildman–Crippen LogP) is 2.98. The van der Waals surface area contributed by atoms with Gasteiger partial charge in [0.1, 0.15) is 11.6 Å². The summed E-state index contributed by atoms with van der Waals surface area (Å²) >= 11 is 0. The van der Waals surface area contributed by atoms with Crippen LogP contribution in [0.2, 0.25) is 0 Å². The molecule has 1 heterocycles. The van der Waals surface area contributed by atoms with E-state index in [0.29, 0.717) is 12.1 Å². The number of amides is 1. The molecule has 0 fully saturated rings. The predicted molar refractivity (Wildman–Crippen MR) is 103 cm³/mol. The van der Waals surface area contributed by atoms with Crippen LogP contribution in [0.15, 0.2) is 65.5 Å². The Morgan fingerprint density at radius 2 is 1.66 bits per heavy atom. The van der Waals surface area contributed by atoms with Gasteiger partial charge in [0, 0.05) is 18.7 Å². The Labute approximate surface area is 165 Å². The summed E-state index contributed by atoms with van der Waals surface area (Å²) in [5.74, 6) is -1.06. The number of nitrogens with zero attached hydrogens (tertiary/aromatic N) is 2. The molecule has 3 rings (SSSR count). The summed E-state index contributed by atoms with van der Waals surface area (Å²) in [7, 11) is 0. The lowest BCUT2D eigenvalue weighted by Crippen LogP contribution is -2.38. The molecular weight excluding hydrogens is 380 g/mol. The maximum atomic E-state index is 13.1. The van der Waals surface area contributed by atoms with Crippen molar-refractivity contribution in [2.45, 2.75) is 26.0 Å². The second-order valence-corrected chi connectivity index (χ2v) is 6.26. The molecule has 6 nitrogen and oxygen atoms in total.